The van der Waals surface area contributed by atoms with Gasteiger partial charge in [0, 0.05) is 0 Å². The van der Waals surface area contributed by atoms with Crippen LogP contribution in [0.4, 0.5) is 0 Å². The molecule has 0 aromatic rings. The number of rotatable bonds is 0. The molecule has 80 valence electrons. The maximum absolute atomic E-state index is 2.42. The fraction of sp³-hybridized carbons (Fsp3) is 1.00. The molecule has 0 spiro atoms. The Morgan fingerprint density at radius 2 is 0.643 bits per heavy atom. The molecule has 0 aromatic heterocycles. The zero-order valence-corrected chi connectivity index (χ0v) is 12.2. The van der Waals surface area contributed by atoms with Crippen LogP contribution in [-0.4, -0.2) is 33.0 Å². The molecule has 0 heterocycles. The molecule has 0 bridgehead atoms. The minimum absolute atomic E-state index is 0. The molecule has 0 aromatic carbocycles. The molecule has 0 radical (unpaired) electrons. The Morgan fingerprint density at radius 1 is 0.500 bits per heavy atom. The van der Waals surface area contributed by atoms with Gasteiger partial charge in [-0.1, -0.05) is 75.1 Å². The molecule has 0 aliphatic rings. The van der Waals surface area contributed by atoms with Gasteiger partial charge in [-0.15, -0.1) is 0 Å². The van der Waals surface area contributed by atoms with Crippen LogP contribution in [0.25, 0.3) is 0 Å². The van der Waals surface area contributed by atoms with Gasteiger partial charge in [-0.2, -0.15) is 0 Å². The summed E-state index contributed by atoms with van der Waals surface area (Å²) in [6, 6.07) is 0. The zero-order valence-electron chi connectivity index (χ0n) is 11.1. The first-order valence-corrected chi connectivity index (χ1v) is 7.10. The molecule has 0 N–H and O–H groups in total. The molecule has 0 fully saturated rings. The van der Waals surface area contributed by atoms with Gasteiger partial charge in [-0.25, -0.2) is 0 Å². The summed E-state index contributed by atoms with van der Waals surface area (Å²) in [6.07, 6.45) is 0. The molecule has 0 unspecified atom stereocenters. The van der Waals surface area contributed by atoms with E-state index in [0.717, 1.165) is 0 Å². The third-order valence-electron chi connectivity index (χ3n) is 2.60. The van der Waals surface area contributed by atoms with Gasteiger partial charge < -0.3 is 0 Å². The van der Waals surface area contributed by atoms with Crippen molar-refractivity contribution in [3.05, 3.63) is 0 Å². The van der Waals surface area contributed by atoms with Crippen LogP contribution < -0.4 is 0 Å². The quantitative estimate of drug-likeness (QED) is 0.520. The molecular formula is C12H28AlLi. The molecule has 0 atom stereocenters. The summed E-state index contributed by atoms with van der Waals surface area (Å²) in [5, 5.41) is 0. The fourth-order valence-corrected chi connectivity index (χ4v) is 11.7. The molecule has 0 aliphatic heterocycles. The van der Waals surface area contributed by atoms with Crippen LogP contribution in [-0.2, 0) is 0 Å². The summed E-state index contributed by atoms with van der Waals surface area (Å²) in [7, 11) is 0. The minimum atomic E-state index is -0.799. The summed E-state index contributed by atoms with van der Waals surface area (Å²) >= 11 is -0.799. The van der Waals surface area contributed by atoms with Crippen LogP contribution in [0.3, 0.4) is 0 Å². The summed E-state index contributed by atoms with van der Waals surface area (Å²) < 4.78 is 1.57. The predicted molar refractivity (Wildman–Crippen MR) is 72.0 cm³/mol. The van der Waals surface area contributed by atoms with E-state index in [4.69, 9.17) is 0 Å². The van der Waals surface area contributed by atoms with E-state index in [-0.39, 0.29) is 18.9 Å². The van der Waals surface area contributed by atoms with Crippen molar-refractivity contribution in [2.24, 2.45) is 0 Å². The van der Waals surface area contributed by atoms with Crippen LogP contribution in [0.5, 0.6) is 0 Å². The number of hydrogen-bond acceptors (Lipinski definition) is 0. The van der Waals surface area contributed by atoms with Crippen LogP contribution in [0.15, 0.2) is 0 Å². The van der Waals surface area contributed by atoms with Gasteiger partial charge in [-0.05, 0) is 0 Å². The first-order chi connectivity index (χ1) is 5.37. The Bertz CT molecular complexity index is 133. The third kappa shape index (κ3) is 5.28. The molecule has 0 rings (SSSR count). The van der Waals surface area contributed by atoms with E-state index in [9.17, 15) is 0 Å². The van der Waals surface area contributed by atoms with Crippen molar-refractivity contribution in [1.29, 1.82) is 0 Å². The average molecular weight is 206 g/mol. The van der Waals surface area contributed by atoms with E-state index in [0.29, 0.717) is 12.8 Å². The van der Waals surface area contributed by atoms with Crippen LogP contribution in [0.1, 0.15) is 62.3 Å². The molecule has 0 saturated heterocycles. The van der Waals surface area contributed by atoms with Gasteiger partial charge in [0.25, 0.3) is 14.1 Å². The second kappa shape index (κ2) is 4.97. The van der Waals surface area contributed by atoms with Crippen molar-refractivity contribution >= 4 is 33.0 Å². The fourth-order valence-electron chi connectivity index (χ4n) is 3.90. The van der Waals surface area contributed by atoms with Crippen molar-refractivity contribution in [2.45, 2.75) is 75.1 Å². The maximum atomic E-state index is 2.42. The summed E-state index contributed by atoms with van der Waals surface area (Å²) in [6.45, 7) is 21.8. The molecular weight excluding hydrogens is 178 g/mol. The predicted octanol–water partition coefficient (Wildman–Crippen LogP) is 4.23. The van der Waals surface area contributed by atoms with Crippen molar-refractivity contribution in [3.8, 4) is 0 Å². The van der Waals surface area contributed by atoms with Crippen molar-refractivity contribution in [3.63, 3.8) is 0 Å². The monoisotopic (exact) mass is 206 g/mol. The summed E-state index contributed by atoms with van der Waals surface area (Å²) in [5.41, 5.74) is 0. The Labute approximate surface area is 108 Å². The van der Waals surface area contributed by atoms with Crippen LogP contribution in [0, 0.1) is 0 Å². The standard InChI is InChI=1S/3C4H9.Al.Li.H/c3*1-4(2)3;;;/h3*1-3H3;;;. The Kier molecular flexibility index (Phi) is 6.23. The van der Waals surface area contributed by atoms with E-state index < -0.39 is 14.1 Å². The normalized spacial score (nSPS) is 13.5. The third-order valence-corrected chi connectivity index (χ3v) is 7.79. The summed E-state index contributed by atoms with van der Waals surface area (Å²) in [5.74, 6) is 0. The van der Waals surface area contributed by atoms with Gasteiger partial charge >= 0.3 is 18.9 Å². The second-order valence-corrected chi connectivity index (χ2v) is 13.6. The molecule has 2 heteroatoms. The van der Waals surface area contributed by atoms with Crippen molar-refractivity contribution in [2.75, 3.05) is 0 Å². The van der Waals surface area contributed by atoms with E-state index in [1.807, 2.05) is 0 Å². The molecule has 0 saturated carbocycles. The second-order valence-electron chi connectivity index (χ2n) is 7.53. The van der Waals surface area contributed by atoms with Gasteiger partial charge in [-0.3, -0.25) is 0 Å². The molecule has 0 amide bonds. The molecule has 0 nitrogen and oxygen atoms in total. The van der Waals surface area contributed by atoms with E-state index >= 15 is 0 Å². The number of hydrogen-bond donors (Lipinski definition) is 0. The van der Waals surface area contributed by atoms with E-state index in [2.05, 4.69) is 62.3 Å². The Hall–Kier alpha value is 1.13. The molecule has 14 heavy (non-hydrogen) atoms. The average Bonchev–Trinajstić information content (AvgIpc) is 1.44. The molecule has 0 aliphatic carbocycles. The Morgan fingerprint density at radius 3 is 0.643 bits per heavy atom. The topological polar surface area (TPSA) is 0 Å². The van der Waals surface area contributed by atoms with Crippen molar-refractivity contribution < 1.29 is 0 Å². The van der Waals surface area contributed by atoms with E-state index in [1.165, 1.54) is 0 Å². The first-order valence-electron chi connectivity index (χ1n) is 5.37. The Balaban J connectivity index is 0. The first kappa shape index (κ1) is 17.5. The van der Waals surface area contributed by atoms with Gasteiger partial charge in [0.1, 0.15) is 0 Å². The zero-order chi connectivity index (χ0) is 11.1. The van der Waals surface area contributed by atoms with Crippen LogP contribution in [0.2, 0.25) is 12.8 Å². The van der Waals surface area contributed by atoms with E-state index in [1.54, 1.807) is 0 Å². The van der Waals surface area contributed by atoms with Crippen molar-refractivity contribution in [1.82, 2.24) is 0 Å². The van der Waals surface area contributed by atoms with Gasteiger partial charge in [0.2, 0.25) is 0 Å². The SMILES string of the molecule is C[C](C)(C)[Al]([C](C)(C)C)[C](C)(C)C.[LiH]. The van der Waals surface area contributed by atoms with Gasteiger partial charge in [0.15, 0.2) is 0 Å². The summed E-state index contributed by atoms with van der Waals surface area (Å²) in [4.78, 5) is 0. The van der Waals surface area contributed by atoms with Gasteiger partial charge in [0.05, 0.1) is 0 Å². The van der Waals surface area contributed by atoms with Crippen LogP contribution >= 0.6 is 0 Å².